The molecule has 0 aliphatic heterocycles. The van der Waals surface area contributed by atoms with E-state index in [2.05, 4.69) is 31.9 Å². The molecule has 0 bridgehead atoms. The van der Waals surface area contributed by atoms with E-state index < -0.39 is 12.0 Å². The van der Waals surface area contributed by atoms with Gasteiger partial charge in [0.2, 0.25) is 5.91 Å². The predicted octanol–water partition coefficient (Wildman–Crippen LogP) is 1.43. The van der Waals surface area contributed by atoms with Crippen LogP contribution in [0.25, 0.3) is 0 Å². The summed E-state index contributed by atoms with van der Waals surface area (Å²) in [5.41, 5.74) is 0.632. The van der Waals surface area contributed by atoms with Crippen LogP contribution in [0, 0.1) is 0 Å². The topological polar surface area (TPSA) is 90.5 Å². The van der Waals surface area contributed by atoms with Gasteiger partial charge >= 0.3 is 5.97 Å². The largest absolute Gasteiger partial charge is 0.481 e. The first-order valence-corrected chi connectivity index (χ1v) is 7.54. The molecule has 1 amide bonds. The molecule has 0 heterocycles. The maximum absolute atomic E-state index is 12.1. The molecule has 0 spiro atoms. The van der Waals surface area contributed by atoms with Gasteiger partial charge in [-0.05, 0) is 30.8 Å². The van der Waals surface area contributed by atoms with E-state index in [0.717, 1.165) is 11.0 Å². The van der Waals surface area contributed by atoms with Gasteiger partial charge in [-0.15, -0.1) is 0 Å². The number of carboxylic acid groups (broad SMARTS) is 1. The van der Waals surface area contributed by atoms with Crippen molar-refractivity contribution in [2.24, 2.45) is 0 Å². The summed E-state index contributed by atoms with van der Waals surface area (Å²) in [4.78, 5) is 23.0. The number of amides is 1. The van der Waals surface area contributed by atoms with Crippen molar-refractivity contribution in [1.82, 2.24) is 10.6 Å². The molecule has 0 saturated heterocycles. The summed E-state index contributed by atoms with van der Waals surface area (Å²) in [5, 5.41) is 17.7. The molecule has 0 aliphatic rings. The van der Waals surface area contributed by atoms with Gasteiger partial charge in [-0.25, -0.2) is 0 Å². The number of likely N-dealkylation sites (N-methyl/N-ethyl adjacent to an activating group) is 1. The number of aliphatic carboxylic acids is 1. The van der Waals surface area contributed by atoms with E-state index in [1.807, 2.05) is 6.92 Å². The Morgan fingerprint density at radius 1 is 1.24 bits per heavy atom. The molecule has 7 heteroatoms. The van der Waals surface area contributed by atoms with E-state index in [9.17, 15) is 9.59 Å². The molecule has 4 N–H and O–H groups in total. The molecule has 1 rings (SSSR count). The Hall–Kier alpha value is -1.44. The molecular formula is C14H20BrN3O3. The Balaban J connectivity index is 2.57. The number of hydrogen-bond acceptors (Lipinski definition) is 4. The zero-order valence-electron chi connectivity index (χ0n) is 11.9. The summed E-state index contributed by atoms with van der Waals surface area (Å²) in [5.74, 6) is -1.36. The lowest BCUT2D eigenvalue weighted by Gasteiger charge is -2.17. The minimum atomic E-state index is -1.01. The van der Waals surface area contributed by atoms with Crippen molar-refractivity contribution in [3.8, 4) is 0 Å². The van der Waals surface area contributed by atoms with Gasteiger partial charge in [-0.1, -0.05) is 22.9 Å². The molecule has 1 aromatic rings. The van der Waals surface area contributed by atoms with Crippen LogP contribution < -0.4 is 16.0 Å². The minimum Gasteiger partial charge on any atom is -0.481 e. The molecule has 0 aliphatic carbocycles. The Kier molecular flexibility index (Phi) is 7.96. The van der Waals surface area contributed by atoms with Crippen LogP contribution in [0.15, 0.2) is 28.7 Å². The molecular weight excluding hydrogens is 338 g/mol. The van der Waals surface area contributed by atoms with Crippen molar-refractivity contribution >= 4 is 33.5 Å². The zero-order valence-corrected chi connectivity index (χ0v) is 13.4. The Morgan fingerprint density at radius 3 is 2.48 bits per heavy atom. The van der Waals surface area contributed by atoms with Crippen molar-refractivity contribution < 1.29 is 14.7 Å². The third kappa shape index (κ3) is 7.22. The van der Waals surface area contributed by atoms with Crippen LogP contribution in [0.3, 0.4) is 0 Å². The molecule has 1 unspecified atom stereocenters. The van der Waals surface area contributed by atoms with Gasteiger partial charge in [0.05, 0.1) is 12.5 Å². The van der Waals surface area contributed by atoms with Crippen molar-refractivity contribution in [2.45, 2.75) is 19.4 Å². The highest BCUT2D eigenvalue weighted by molar-refractivity contribution is 9.10. The average Bonchev–Trinajstić information content (AvgIpc) is 2.44. The van der Waals surface area contributed by atoms with Gasteiger partial charge in [0, 0.05) is 23.2 Å². The lowest BCUT2D eigenvalue weighted by molar-refractivity contribution is -0.139. The summed E-state index contributed by atoms with van der Waals surface area (Å²) >= 11 is 3.31. The highest BCUT2D eigenvalue weighted by Gasteiger charge is 2.21. The normalized spacial score (nSPS) is 11.9. The first kappa shape index (κ1) is 17.6. The van der Waals surface area contributed by atoms with Crippen molar-refractivity contribution in [3.63, 3.8) is 0 Å². The second kappa shape index (κ2) is 9.49. The molecule has 0 fully saturated rings. The number of rotatable bonds is 9. The number of halogens is 1. The fourth-order valence-corrected chi connectivity index (χ4v) is 1.97. The van der Waals surface area contributed by atoms with Crippen LogP contribution in [0.4, 0.5) is 5.69 Å². The molecule has 116 valence electrons. The van der Waals surface area contributed by atoms with E-state index >= 15 is 0 Å². The first-order valence-electron chi connectivity index (χ1n) is 6.75. The summed E-state index contributed by atoms with van der Waals surface area (Å²) < 4.78 is 0.909. The van der Waals surface area contributed by atoms with E-state index in [1.165, 1.54) is 0 Å². The summed E-state index contributed by atoms with van der Waals surface area (Å²) in [7, 11) is 0. The summed E-state index contributed by atoms with van der Waals surface area (Å²) in [6.07, 6.45) is -0.255. The number of hydrogen-bond donors (Lipinski definition) is 4. The Morgan fingerprint density at radius 2 is 1.90 bits per heavy atom. The van der Waals surface area contributed by atoms with Crippen LogP contribution in [0.5, 0.6) is 0 Å². The van der Waals surface area contributed by atoms with E-state index in [0.29, 0.717) is 18.8 Å². The van der Waals surface area contributed by atoms with Crippen molar-refractivity contribution in [3.05, 3.63) is 28.7 Å². The van der Waals surface area contributed by atoms with Gasteiger partial charge in [0.25, 0.3) is 0 Å². The second-order valence-electron chi connectivity index (χ2n) is 4.45. The molecule has 0 radical (unpaired) electrons. The quantitative estimate of drug-likeness (QED) is 0.502. The van der Waals surface area contributed by atoms with Gasteiger partial charge in [-0.3, -0.25) is 9.59 Å². The number of carbonyl (C=O) groups excluding carboxylic acids is 1. The van der Waals surface area contributed by atoms with Gasteiger partial charge in [-0.2, -0.15) is 0 Å². The first-order chi connectivity index (χ1) is 10.0. The Labute approximate surface area is 132 Å². The Bertz CT molecular complexity index is 465. The average molecular weight is 358 g/mol. The van der Waals surface area contributed by atoms with Gasteiger partial charge in [0.15, 0.2) is 0 Å². The van der Waals surface area contributed by atoms with Crippen molar-refractivity contribution in [1.29, 1.82) is 0 Å². The molecule has 1 aromatic carbocycles. The predicted molar refractivity (Wildman–Crippen MR) is 85.4 cm³/mol. The number of anilines is 1. The van der Waals surface area contributed by atoms with Gasteiger partial charge in [0.1, 0.15) is 0 Å². The SMILES string of the molecule is CCNCCNC(CC(=O)O)C(=O)Nc1ccc(Br)cc1. The number of benzene rings is 1. The maximum Gasteiger partial charge on any atom is 0.305 e. The smallest absolute Gasteiger partial charge is 0.305 e. The number of carboxylic acids is 1. The molecule has 6 nitrogen and oxygen atoms in total. The minimum absolute atomic E-state index is 0.255. The van der Waals surface area contributed by atoms with E-state index in [4.69, 9.17) is 5.11 Å². The third-order valence-corrected chi connectivity index (χ3v) is 3.28. The van der Waals surface area contributed by atoms with Crippen LogP contribution in [0.2, 0.25) is 0 Å². The van der Waals surface area contributed by atoms with Gasteiger partial charge < -0.3 is 21.1 Å². The molecule has 0 aromatic heterocycles. The zero-order chi connectivity index (χ0) is 15.7. The lowest BCUT2D eigenvalue weighted by atomic mass is 10.2. The third-order valence-electron chi connectivity index (χ3n) is 2.75. The second-order valence-corrected chi connectivity index (χ2v) is 5.37. The van der Waals surface area contributed by atoms with E-state index in [-0.39, 0.29) is 12.3 Å². The highest BCUT2D eigenvalue weighted by Crippen LogP contribution is 2.14. The molecule has 0 saturated carbocycles. The van der Waals surface area contributed by atoms with Crippen LogP contribution in [-0.2, 0) is 9.59 Å². The molecule has 21 heavy (non-hydrogen) atoms. The summed E-state index contributed by atoms with van der Waals surface area (Å²) in [6, 6.07) is 6.35. The lowest BCUT2D eigenvalue weighted by Crippen LogP contribution is -2.44. The van der Waals surface area contributed by atoms with Crippen LogP contribution in [0.1, 0.15) is 13.3 Å². The summed E-state index contributed by atoms with van der Waals surface area (Å²) in [6.45, 7) is 4.02. The monoisotopic (exact) mass is 357 g/mol. The van der Waals surface area contributed by atoms with E-state index in [1.54, 1.807) is 24.3 Å². The van der Waals surface area contributed by atoms with Crippen LogP contribution in [-0.4, -0.2) is 42.7 Å². The fourth-order valence-electron chi connectivity index (χ4n) is 1.71. The standard InChI is InChI=1S/C14H20BrN3O3/c1-2-16-7-8-17-12(9-13(19)20)14(21)18-11-5-3-10(15)4-6-11/h3-6,12,16-17H,2,7-9H2,1H3,(H,18,21)(H,19,20). The van der Waals surface area contributed by atoms with Crippen LogP contribution >= 0.6 is 15.9 Å². The highest BCUT2D eigenvalue weighted by atomic mass is 79.9. The number of nitrogens with one attached hydrogen (secondary N) is 3. The van der Waals surface area contributed by atoms with Crippen molar-refractivity contribution in [2.75, 3.05) is 25.0 Å². The number of carbonyl (C=O) groups is 2. The fraction of sp³-hybridized carbons (Fsp3) is 0.429. The molecule has 1 atom stereocenters. The maximum atomic E-state index is 12.1.